The highest BCUT2D eigenvalue weighted by molar-refractivity contribution is 14.1. The van der Waals surface area contributed by atoms with Crippen LogP contribution in [0.1, 0.15) is 0 Å². The van der Waals surface area contributed by atoms with Gasteiger partial charge in [0, 0.05) is 0 Å². The minimum absolute atomic E-state index is 0.164. The lowest BCUT2D eigenvalue weighted by molar-refractivity contribution is 0.515. The minimum atomic E-state index is -0.871. The summed E-state index contributed by atoms with van der Waals surface area (Å²) >= 11 is 1.98. The standard InChI is InChI=1S/C9H4F2IN3/c10-7-2-1-5(9(11)15-7)6-3-8(12)14-4-13-6/h1-4H. The molecule has 0 aliphatic rings. The predicted octanol–water partition coefficient (Wildman–Crippen LogP) is 2.42. The van der Waals surface area contributed by atoms with E-state index < -0.39 is 11.9 Å². The van der Waals surface area contributed by atoms with E-state index in [0.29, 0.717) is 9.39 Å². The van der Waals surface area contributed by atoms with Crippen LogP contribution in [0.2, 0.25) is 0 Å². The van der Waals surface area contributed by atoms with Crippen LogP contribution in [0, 0.1) is 15.6 Å². The smallest absolute Gasteiger partial charge is 0.224 e. The summed E-state index contributed by atoms with van der Waals surface area (Å²) in [7, 11) is 0. The van der Waals surface area contributed by atoms with Crippen molar-refractivity contribution in [1.29, 1.82) is 0 Å². The number of pyridine rings is 1. The Kier molecular flexibility index (Phi) is 2.85. The van der Waals surface area contributed by atoms with Gasteiger partial charge in [0.2, 0.25) is 11.9 Å². The third-order valence-corrected chi connectivity index (χ3v) is 2.31. The van der Waals surface area contributed by atoms with Gasteiger partial charge in [-0.05, 0) is 40.8 Å². The average Bonchev–Trinajstić information content (AvgIpc) is 2.17. The van der Waals surface area contributed by atoms with E-state index in [2.05, 4.69) is 15.0 Å². The second-order valence-electron chi connectivity index (χ2n) is 2.70. The molecule has 0 N–H and O–H groups in total. The molecule has 0 spiro atoms. The van der Waals surface area contributed by atoms with Gasteiger partial charge in [-0.25, -0.2) is 9.97 Å². The number of aromatic nitrogens is 3. The lowest BCUT2D eigenvalue weighted by atomic mass is 10.2. The molecule has 0 aromatic carbocycles. The molecular weight excluding hydrogens is 315 g/mol. The van der Waals surface area contributed by atoms with Crippen molar-refractivity contribution in [2.75, 3.05) is 0 Å². The zero-order valence-electron chi connectivity index (χ0n) is 7.28. The third-order valence-electron chi connectivity index (χ3n) is 1.72. The molecule has 2 heterocycles. The first-order valence-corrected chi connectivity index (χ1v) is 5.04. The Balaban J connectivity index is 2.54. The third kappa shape index (κ3) is 2.25. The van der Waals surface area contributed by atoms with Crippen molar-refractivity contribution in [1.82, 2.24) is 15.0 Å². The molecular formula is C9H4F2IN3. The molecule has 2 rings (SSSR count). The van der Waals surface area contributed by atoms with Gasteiger partial charge in [0.15, 0.2) is 0 Å². The molecule has 2 aromatic rings. The lowest BCUT2D eigenvalue weighted by Gasteiger charge is -2.01. The van der Waals surface area contributed by atoms with Crippen LogP contribution in [0.3, 0.4) is 0 Å². The van der Waals surface area contributed by atoms with Gasteiger partial charge in [-0.15, -0.1) is 0 Å². The van der Waals surface area contributed by atoms with Gasteiger partial charge in [-0.1, -0.05) is 0 Å². The zero-order chi connectivity index (χ0) is 10.8. The molecule has 15 heavy (non-hydrogen) atoms. The van der Waals surface area contributed by atoms with E-state index in [1.165, 1.54) is 12.4 Å². The largest absolute Gasteiger partial charge is 0.236 e. The Hall–Kier alpha value is -1.18. The summed E-state index contributed by atoms with van der Waals surface area (Å²) in [6.45, 7) is 0. The van der Waals surface area contributed by atoms with Crippen LogP contribution >= 0.6 is 22.6 Å². The van der Waals surface area contributed by atoms with E-state index in [-0.39, 0.29) is 5.56 Å². The highest BCUT2D eigenvalue weighted by Gasteiger charge is 2.09. The summed E-state index contributed by atoms with van der Waals surface area (Å²) in [4.78, 5) is 10.8. The number of hydrogen-bond acceptors (Lipinski definition) is 3. The fraction of sp³-hybridized carbons (Fsp3) is 0. The van der Waals surface area contributed by atoms with Crippen LogP contribution in [0.15, 0.2) is 24.5 Å². The molecule has 0 bridgehead atoms. The first-order valence-electron chi connectivity index (χ1n) is 3.97. The lowest BCUT2D eigenvalue weighted by Crippen LogP contribution is -1.95. The maximum absolute atomic E-state index is 13.3. The average molecular weight is 319 g/mol. The Bertz CT molecular complexity index is 504. The van der Waals surface area contributed by atoms with E-state index >= 15 is 0 Å². The van der Waals surface area contributed by atoms with E-state index in [4.69, 9.17) is 0 Å². The second kappa shape index (κ2) is 4.13. The summed E-state index contributed by atoms with van der Waals surface area (Å²) < 4.78 is 26.5. The van der Waals surface area contributed by atoms with Gasteiger partial charge in [-0.2, -0.15) is 13.8 Å². The summed E-state index contributed by atoms with van der Waals surface area (Å²) in [5.74, 6) is -1.72. The molecule has 0 saturated heterocycles. The van der Waals surface area contributed by atoms with Crippen LogP contribution in [0.4, 0.5) is 8.78 Å². The first kappa shape index (κ1) is 10.3. The molecule has 6 heteroatoms. The topological polar surface area (TPSA) is 38.7 Å². The van der Waals surface area contributed by atoms with Crippen molar-refractivity contribution in [3.05, 3.63) is 40.1 Å². The summed E-state index contributed by atoms with van der Waals surface area (Å²) in [5.41, 5.74) is 0.552. The summed E-state index contributed by atoms with van der Waals surface area (Å²) in [6, 6.07) is 3.99. The van der Waals surface area contributed by atoms with E-state index in [0.717, 1.165) is 6.07 Å². The van der Waals surface area contributed by atoms with Gasteiger partial charge in [-0.3, -0.25) is 0 Å². The van der Waals surface area contributed by atoms with E-state index in [1.807, 2.05) is 22.6 Å². The van der Waals surface area contributed by atoms with Crippen molar-refractivity contribution in [3.8, 4) is 11.3 Å². The van der Waals surface area contributed by atoms with Crippen LogP contribution in [-0.2, 0) is 0 Å². The molecule has 0 radical (unpaired) electrons. The van der Waals surface area contributed by atoms with E-state index in [9.17, 15) is 8.78 Å². The molecule has 0 fully saturated rings. The quantitative estimate of drug-likeness (QED) is 0.460. The number of rotatable bonds is 1. The van der Waals surface area contributed by atoms with Gasteiger partial charge < -0.3 is 0 Å². The van der Waals surface area contributed by atoms with Crippen molar-refractivity contribution >= 4 is 22.6 Å². The van der Waals surface area contributed by atoms with Crippen molar-refractivity contribution in [3.63, 3.8) is 0 Å². The van der Waals surface area contributed by atoms with Gasteiger partial charge in [0.1, 0.15) is 10.0 Å². The molecule has 0 saturated carbocycles. The predicted molar refractivity (Wildman–Crippen MR) is 57.9 cm³/mol. The highest BCUT2D eigenvalue weighted by Crippen LogP contribution is 2.19. The molecule has 2 aromatic heterocycles. The highest BCUT2D eigenvalue weighted by atomic mass is 127. The van der Waals surface area contributed by atoms with E-state index in [1.54, 1.807) is 6.07 Å². The van der Waals surface area contributed by atoms with Crippen LogP contribution in [0.5, 0.6) is 0 Å². The SMILES string of the molecule is Fc1ccc(-c2cc(I)ncn2)c(F)n1. The number of hydrogen-bond donors (Lipinski definition) is 0. The summed E-state index contributed by atoms with van der Waals surface area (Å²) in [5, 5.41) is 0. The van der Waals surface area contributed by atoms with Crippen LogP contribution in [0.25, 0.3) is 11.3 Å². The van der Waals surface area contributed by atoms with Crippen molar-refractivity contribution < 1.29 is 8.78 Å². The molecule has 0 unspecified atom stereocenters. The molecule has 0 aliphatic heterocycles. The molecule has 0 atom stereocenters. The van der Waals surface area contributed by atoms with Crippen molar-refractivity contribution in [2.24, 2.45) is 0 Å². The maximum atomic E-state index is 13.3. The maximum Gasteiger partial charge on any atom is 0.224 e. The van der Waals surface area contributed by atoms with Crippen LogP contribution in [-0.4, -0.2) is 15.0 Å². The fourth-order valence-corrected chi connectivity index (χ4v) is 1.50. The molecule has 0 aliphatic carbocycles. The zero-order valence-corrected chi connectivity index (χ0v) is 9.44. The minimum Gasteiger partial charge on any atom is -0.236 e. The van der Waals surface area contributed by atoms with Crippen LogP contribution < -0.4 is 0 Å². The normalized spacial score (nSPS) is 10.3. The summed E-state index contributed by atoms with van der Waals surface area (Å²) in [6.07, 6.45) is 1.32. The Morgan fingerprint density at radius 1 is 1.13 bits per heavy atom. The van der Waals surface area contributed by atoms with Gasteiger partial charge in [0.05, 0.1) is 11.3 Å². The molecule has 3 nitrogen and oxygen atoms in total. The Morgan fingerprint density at radius 3 is 2.60 bits per heavy atom. The number of nitrogens with zero attached hydrogens (tertiary/aromatic N) is 3. The molecule has 76 valence electrons. The second-order valence-corrected chi connectivity index (χ2v) is 3.80. The van der Waals surface area contributed by atoms with Crippen molar-refractivity contribution in [2.45, 2.75) is 0 Å². The fourth-order valence-electron chi connectivity index (χ4n) is 1.08. The first-order chi connectivity index (χ1) is 7.16. The Morgan fingerprint density at radius 2 is 1.93 bits per heavy atom. The number of halogens is 3. The monoisotopic (exact) mass is 319 g/mol. The molecule has 0 amide bonds. The van der Waals surface area contributed by atoms with Gasteiger partial charge >= 0.3 is 0 Å². The van der Waals surface area contributed by atoms with Gasteiger partial charge in [0.25, 0.3) is 0 Å². The Labute approximate surface area is 97.7 Å².